The first-order valence-electron chi connectivity index (χ1n) is 7.90. The van der Waals surface area contributed by atoms with Crippen LogP contribution in [0.5, 0.6) is 5.88 Å². The predicted molar refractivity (Wildman–Crippen MR) is 79.8 cm³/mol. The van der Waals surface area contributed by atoms with Crippen LogP contribution in [0.3, 0.4) is 0 Å². The number of amides is 1. The molecule has 0 bridgehead atoms. The van der Waals surface area contributed by atoms with Crippen molar-refractivity contribution in [3.63, 3.8) is 0 Å². The van der Waals surface area contributed by atoms with Gasteiger partial charge in [0.05, 0.1) is 24.9 Å². The van der Waals surface area contributed by atoms with Gasteiger partial charge in [-0.3, -0.25) is 4.79 Å². The second kappa shape index (κ2) is 7.07. The summed E-state index contributed by atoms with van der Waals surface area (Å²) in [6, 6.07) is 3.59. The summed E-state index contributed by atoms with van der Waals surface area (Å²) < 4.78 is 10.9. The van der Waals surface area contributed by atoms with Gasteiger partial charge in [-0.05, 0) is 31.7 Å². The lowest BCUT2D eigenvalue weighted by atomic mass is 9.93. The number of hydrogen-bond donors (Lipinski definition) is 2. The SMILES string of the molecule is O=C(NC1CCC(O)CC1)c1ccc(OC2CCOC2)nc1. The van der Waals surface area contributed by atoms with Crippen LogP contribution in [0.2, 0.25) is 0 Å². The Kier molecular flexibility index (Phi) is 4.90. The Labute approximate surface area is 129 Å². The van der Waals surface area contributed by atoms with Gasteiger partial charge in [-0.2, -0.15) is 0 Å². The first-order valence-corrected chi connectivity index (χ1v) is 7.90. The molecule has 2 aliphatic rings. The van der Waals surface area contributed by atoms with E-state index in [1.54, 1.807) is 12.1 Å². The molecule has 2 N–H and O–H groups in total. The zero-order chi connectivity index (χ0) is 15.4. The maximum Gasteiger partial charge on any atom is 0.253 e. The number of pyridine rings is 1. The van der Waals surface area contributed by atoms with Gasteiger partial charge in [0, 0.05) is 24.7 Å². The van der Waals surface area contributed by atoms with E-state index in [0.29, 0.717) is 18.1 Å². The summed E-state index contributed by atoms with van der Waals surface area (Å²) in [4.78, 5) is 16.4. The molecule has 6 heteroatoms. The third-order valence-corrected chi connectivity index (χ3v) is 4.21. The number of hydrogen-bond acceptors (Lipinski definition) is 5. The summed E-state index contributed by atoms with van der Waals surface area (Å²) in [7, 11) is 0. The molecule has 2 fully saturated rings. The topological polar surface area (TPSA) is 80.7 Å². The average molecular weight is 306 g/mol. The second-order valence-corrected chi connectivity index (χ2v) is 5.97. The Morgan fingerprint density at radius 1 is 1.27 bits per heavy atom. The van der Waals surface area contributed by atoms with Crippen molar-refractivity contribution in [3.8, 4) is 5.88 Å². The molecule has 1 aromatic heterocycles. The van der Waals surface area contributed by atoms with Crippen molar-refractivity contribution in [2.75, 3.05) is 13.2 Å². The van der Waals surface area contributed by atoms with Gasteiger partial charge in [0.1, 0.15) is 6.10 Å². The van der Waals surface area contributed by atoms with Crippen LogP contribution in [-0.2, 0) is 4.74 Å². The van der Waals surface area contributed by atoms with E-state index in [9.17, 15) is 9.90 Å². The van der Waals surface area contributed by atoms with E-state index in [0.717, 1.165) is 38.7 Å². The minimum Gasteiger partial charge on any atom is -0.472 e. The second-order valence-electron chi connectivity index (χ2n) is 5.97. The van der Waals surface area contributed by atoms with Crippen molar-refractivity contribution in [1.29, 1.82) is 0 Å². The summed E-state index contributed by atoms with van der Waals surface area (Å²) in [5, 5.41) is 12.5. The Morgan fingerprint density at radius 3 is 2.73 bits per heavy atom. The first kappa shape index (κ1) is 15.2. The third-order valence-electron chi connectivity index (χ3n) is 4.21. The van der Waals surface area contributed by atoms with Gasteiger partial charge in [0.25, 0.3) is 5.91 Å². The molecule has 6 nitrogen and oxygen atoms in total. The van der Waals surface area contributed by atoms with E-state index >= 15 is 0 Å². The fourth-order valence-electron chi connectivity index (χ4n) is 2.85. The molecule has 1 amide bonds. The summed E-state index contributed by atoms with van der Waals surface area (Å²) in [5.41, 5.74) is 0.529. The molecule has 2 heterocycles. The molecule has 3 rings (SSSR count). The molecule has 120 valence electrons. The standard InChI is InChI=1S/C16H22N2O4/c19-13-4-2-12(3-5-13)18-16(20)11-1-6-15(17-9-11)22-14-7-8-21-10-14/h1,6,9,12-14,19H,2-5,7-8,10H2,(H,18,20). The number of nitrogens with zero attached hydrogens (tertiary/aromatic N) is 1. The fourth-order valence-corrected chi connectivity index (χ4v) is 2.85. The monoisotopic (exact) mass is 306 g/mol. The zero-order valence-electron chi connectivity index (χ0n) is 12.5. The minimum atomic E-state index is -0.217. The molecule has 0 spiro atoms. The number of aliphatic hydroxyl groups is 1. The van der Waals surface area contributed by atoms with Gasteiger partial charge in [-0.15, -0.1) is 0 Å². The number of aliphatic hydroxyl groups excluding tert-OH is 1. The zero-order valence-corrected chi connectivity index (χ0v) is 12.5. The van der Waals surface area contributed by atoms with Crippen molar-refractivity contribution in [3.05, 3.63) is 23.9 Å². The fraction of sp³-hybridized carbons (Fsp3) is 0.625. The van der Waals surface area contributed by atoms with E-state index < -0.39 is 0 Å². The van der Waals surface area contributed by atoms with E-state index in [4.69, 9.17) is 9.47 Å². The molecule has 22 heavy (non-hydrogen) atoms. The largest absolute Gasteiger partial charge is 0.472 e. The van der Waals surface area contributed by atoms with Crippen LogP contribution in [-0.4, -0.2) is 47.5 Å². The summed E-state index contributed by atoms with van der Waals surface area (Å²) in [6.45, 7) is 1.32. The highest BCUT2D eigenvalue weighted by atomic mass is 16.5. The molecule has 1 aromatic rings. The van der Waals surface area contributed by atoms with Gasteiger partial charge in [0.2, 0.25) is 5.88 Å². The molecule has 1 unspecified atom stereocenters. The Bertz CT molecular complexity index is 491. The van der Waals surface area contributed by atoms with E-state index in [1.807, 2.05) is 0 Å². The number of aromatic nitrogens is 1. The van der Waals surface area contributed by atoms with Crippen LogP contribution in [0.15, 0.2) is 18.3 Å². The van der Waals surface area contributed by atoms with E-state index in [2.05, 4.69) is 10.3 Å². The van der Waals surface area contributed by atoms with Gasteiger partial charge >= 0.3 is 0 Å². The molecule has 1 aliphatic heterocycles. The quantitative estimate of drug-likeness (QED) is 0.876. The lowest BCUT2D eigenvalue weighted by Gasteiger charge is -2.26. The van der Waals surface area contributed by atoms with Crippen LogP contribution < -0.4 is 10.1 Å². The Balaban J connectivity index is 1.51. The number of ether oxygens (including phenoxy) is 2. The van der Waals surface area contributed by atoms with Crippen molar-refractivity contribution in [2.45, 2.75) is 50.4 Å². The molecule has 0 aromatic carbocycles. The average Bonchev–Trinajstić information content (AvgIpc) is 3.03. The molecule has 0 radical (unpaired) electrons. The summed E-state index contributed by atoms with van der Waals surface area (Å²) >= 11 is 0. The number of rotatable bonds is 4. The van der Waals surface area contributed by atoms with Crippen molar-refractivity contribution in [1.82, 2.24) is 10.3 Å². The maximum absolute atomic E-state index is 12.2. The molecule has 1 saturated carbocycles. The smallest absolute Gasteiger partial charge is 0.253 e. The van der Waals surface area contributed by atoms with E-state index in [1.165, 1.54) is 6.20 Å². The Morgan fingerprint density at radius 2 is 2.09 bits per heavy atom. The van der Waals surface area contributed by atoms with Gasteiger partial charge in [0.15, 0.2) is 0 Å². The predicted octanol–water partition coefficient (Wildman–Crippen LogP) is 1.28. The number of nitrogens with one attached hydrogen (secondary N) is 1. The van der Waals surface area contributed by atoms with Crippen LogP contribution >= 0.6 is 0 Å². The lowest BCUT2D eigenvalue weighted by Crippen LogP contribution is -2.38. The molecular formula is C16H22N2O4. The molecule has 1 atom stereocenters. The maximum atomic E-state index is 12.2. The number of carbonyl (C=O) groups is 1. The minimum absolute atomic E-state index is 0.0563. The molecule has 1 saturated heterocycles. The van der Waals surface area contributed by atoms with Crippen LogP contribution in [0.25, 0.3) is 0 Å². The summed E-state index contributed by atoms with van der Waals surface area (Å²) in [6.07, 6.45) is 5.40. The molecular weight excluding hydrogens is 284 g/mol. The third kappa shape index (κ3) is 3.96. The highest BCUT2D eigenvalue weighted by Gasteiger charge is 2.22. The van der Waals surface area contributed by atoms with Crippen LogP contribution in [0, 0.1) is 0 Å². The van der Waals surface area contributed by atoms with Crippen LogP contribution in [0.4, 0.5) is 0 Å². The number of carbonyl (C=O) groups excluding carboxylic acids is 1. The van der Waals surface area contributed by atoms with Gasteiger partial charge < -0.3 is 19.9 Å². The Hall–Kier alpha value is -1.66. The van der Waals surface area contributed by atoms with Crippen molar-refractivity contribution >= 4 is 5.91 Å². The summed E-state index contributed by atoms with van der Waals surface area (Å²) in [5.74, 6) is 0.400. The first-order chi connectivity index (χ1) is 10.7. The highest BCUT2D eigenvalue weighted by Crippen LogP contribution is 2.19. The molecule has 1 aliphatic carbocycles. The lowest BCUT2D eigenvalue weighted by molar-refractivity contribution is 0.0867. The van der Waals surface area contributed by atoms with Crippen molar-refractivity contribution in [2.24, 2.45) is 0 Å². The normalized spacial score (nSPS) is 28.3. The van der Waals surface area contributed by atoms with Gasteiger partial charge in [-0.25, -0.2) is 4.98 Å². The van der Waals surface area contributed by atoms with Crippen molar-refractivity contribution < 1.29 is 19.4 Å². The highest BCUT2D eigenvalue weighted by molar-refractivity contribution is 5.94. The van der Waals surface area contributed by atoms with E-state index in [-0.39, 0.29) is 24.2 Å². The van der Waals surface area contributed by atoms with Gasteiger partial charge in [-0.1, -0.05) is 0 Å². The van der Waals surface area contributed by atoms with Crippen LogP contribution in [0.1, 0.15) is 42.5 Å².